The fraction of sp³-hybridized carbons (Fsp3) is 0.160. The Kier molecular flexibility index (Phi) is 3.30. The van der Waals surface area contributed by atoms with Crippen LogP contribution >= 0.6 is 0 Å². The van der Waals surface area contributed by atoms with Crippen LogP contribution in [0.2, 0.25) is 0 Å². The van der Waals surface area contributed by atoms with Crippen molar-refractivity contribution >= 4 is 23.8 Å². The number of hydrogen-bond donors (Lipinski definition) is 0. The first kappa shape index (κ1) is 17.3. The Balaban J connectivity index is 1.64. The molecule has 1 saturated heterocycles. The van der Waals surface area contributed by atoms with E-state index in [0.29, 0.717) is 5.69 Å². The van der Waals surface area contributed by atoms with Gasteiger partial charge in [-0.2, -0.15) is 0 Å². The molecule has 0 spiro atoms. The highest BCUT2D eigenvalue weighted by molar-refractivity contribution is 6.24. The van der Waals surface area contributed by atoms with E-state index in [4.69, 9.17) is 0 Å². The van der Waals surface area contributed by atoms with Gasteiger partial charge < -0.3 is 4.79 Å². The van der Waals surface area contributed by atoms with Crippen LogP contribution in [0, 0.1) is 17.7 Å². The second-order valence-corrected chi connectivity index (χ2v) is 8.13. The summed E-state index contributed by atoms with van der Waals surface area (Å²) in [6, 6.07) is 20.5. The highest BCUT2D eigenvalue weighted by atomic mass is 19.1. The average Bonchev–Trinajstić information content (AvgIpc) is 3.05. The molecule has 0 unspecified atom stereocenters. The topological polar surface area (TPSA) is 54.5 Å². The third-order valence-electron chi connectivity index (χ3n) is 6.95. The zero-order valence-electron chi connectivity index (χ0n) is 15.8. The van der Waals surface area contributed by atoms with Gasteiger partial charge in [0.05, 0.1) is 22.9 Å². The number of amides is 2. The lowest BCUT2D eigenvalue weighted by molar-refractivity contribution is -0.128. The molecule has 2 amide bonds. The van der Waals surface area contributed by atoms with E-state index in [9.17, 15) is 18.8 Å². The van der Waals surface area contributed by atoms with Gasteiger partial charge in [0.2, 0.25) is 11.8 Å². The van der Waals surface area contributed by atoms with Gasteiger partial charge in [-0.25, -0.2) is 9.29 Å². The fourth-order valence-corrected chi connectivity index (χ4v) is 5.88. The summed E-state index contributed by atoms with van der Waals surface area (Å²) < 4.78 is 13.4. The SMILES string of the molecule is O=CC12c3ccccc3C(c3ccccc31)[C@@H]1C(=O)N(c3ccc(F)cc3)C(=O)[C@@H]12. The minimum Gasteiger partial charge on any atom is -0.302 e. The van der Waals surface area contributed by atoms with Crippen LogP contribution in [0.4, 0.5) is 10.1 Å². The molecule has 146 valence electrons. The molecule has 1 fully saturated rings. The van der Waals surface area contributed by atoms with E-state index in [2.05, 4.69) is 0 Å². The van der Waals surface area contributed by atoms with Crippen LogP contribution in [-0.2, 0) is 19.8 Å². The number of imide groups is 1. The van der Waals surface area contributed by atoms with Crippen molar-refractivity contribution in [3.8, 4) is 0 Å². The summed E-state index contributed by atoms with van der Waals surface area (Å²) >= 11 is 0. The van der Waals surface area contributed by atoms with Crippen molar-refractivity contribution in [1.82, 2.24) is 0 Å². The minimum absolute atomic E-state index is 0.300. The number of halogens is 1. The summed E-state index contributed by atoms with van der Waals surface area (Å²) in [6.45, 7) is 0. The highest BCUT2D eigenvalue weighted by Gasteiger charge is 2.68. The first-order valence-corrected chi connectivity index (χ1v) is 9.88. The van der Waals surface area contributed by atoms with E-state index in [1.165, 1.54) is 24.3 Å². The predicted molar refractivity (Wildman–Crippen MR) is 107 cm³/mol. The Bertz CT molecular complexity index is 1200. The Morgan fingerprint density at radius 3 is 1.93 bits per heavy atom. The molecule has 0 radical (unpaired) electrons. The van der Waals surface area contributed by atoms with E-state index in [1.54, 1.807) is 0 Å². The standard InChI is InChI=1S/C25H16FNO3/c26-14-9-11-15(12-10-14)27-23(29)21-20-16-5-1-3-7-18(16)25(13-28,22(21)24(27)30)19-8-4-2-6-17(19)20/h1-13,20-22H/t20?,21-,22+,25?/m0/s1. The van der Waals surface area contributed by atoms with E-state index in [1.807, 2.05) is 48.5 Å². The Hall–Kier alpha value is -3.60. The maximum absolute atomic E-state index is 13.7. The summed E-state index contributed by atoms with van der Waals surface area (Å²) in [5.74, 6) is -2.97. The third kappa shape index (κ3) is 1.83. The number of nitrogens with zero attached hydrogens (tertiary/aromatic N) is 1. The molecule has 7 rings (SSSR count). The van der Waals surface area contributed by atoms with Crippen molar-refractivity contribution in [2.75, 3.05) is 4.90 Å². The molecule has 4 aliphatic rings. The molecule has 4 nitrogen and oxygen atoms in total. The molecular weight excluding hydrogens is 381 g/mol. The minimum atomic E-state index is -1.21. The number of aldehydes is 1. The normalized spacial score (nSPS) is 28.2. The van der Waals surface area contributed by atoms with Crippen molar-refractivity contribution < 1.29 is 18.8 Å². The van der Waals surface area contributed by atoms with E-state index < -0.39 is 29.0 Å². The lowest BCUT2D eigenvalue weighted by Crippen LogP contribution is -2.54. The number of hydrogen-bond acceptors (Lipinski definition) is 3. The van der Waals surface area contributed by atoms with Gasteiger partial charge in [-0.3, -0.25) is 9.59 Å². The van der Waals surface area contributed by atoms with Gasteiger partial charge in [-0.15, -0.1) is 0 Å². The average molecular weight is 397 g/mol. The number of carbonyl (C=O) groups is 3. The molecule has 0 aromatic heterocycles. The second-order valence-electron chi connectivity index (χ2n) is 8.13. The molecule has 1 heterocycles. The molecule has 2 bridgehead atoms. The van der Waals surface area contributed by atoms with Gasteiger partial charge in [0.25, 0.3) is 0 Å². The van der Waals surface area contributed by atoms with Gasteiger partial charge >= 0.3 is 0 Å². The molecule has 3 aromatic carbocycles. The largest absolute Gasteiger partial charge is 0.302 e. The molecule has 2 atom stereocenters. The van der Waals surface area contributed by atoms with Crippen LogP contribution in [0.5, 0.6) is 0 Å². The Labute approximate surface area is 171 Å². The number of carbonyl (C=O) groups excluding carboxylic acids is 3. The number of anilines is 1. The number of rotatable bonds is 2. The maximum Gasteiger partial charge on any atom is 0.239 e. The molecular formula is C25H16FNO3. The van der Waals surface area contributed by atoms with Gasteiger partial charge in [-0.1, -0.05) is 48.5 Å². The van der Waals surface area contributed by atoms with Crippen molar-refractivity contribution in [2.45, 2.75) is 11.3 Å². The molecule has 3 aliphatic carbocycles. The monoisotopic (exact) mass is 397 g/mol. The maximum atomic E-state index is 13.7. The van der Waals surface area contributed by atoms with Gasteiger partial charge in [0, 0.05) is 5.92 Å². The quantitative estimate of drug-likeness (QED) is 0.491. The van der Waals surface area contributed by atoms with Crippen molar-refractivity contribution in [3.05, 3.63) is 101 Å². The van der Waals surface area contributed by atoms with Gasteiger partial charge in [0.1, 0.15) is 12.1 Å². The van der Waals surface area contributed by atoms with E-state index in [0.717, 1.165) is 33.4 Å². The Morgan fingerprint density at radius 2 is 1.37 bits per heavy atom. The molecule has 0 saturated carbocycles. The van der Waals surface area contributed by atoms with Gasteiger partial charge in [0.15, 0.2) is 0 Å². The molecule has 30 heavy (non-hydrogen) atoms. The first-order valence-electron chi connectivity index (χ1n) is 9.88. The van der Waals surface area contributed by atoms with Crippen molar-refractivity contribution in [3.63, 3.8) is 0 Å². The van der Waals surface area contributed by atoms with Gasteiger partial charge in [-0.05, 0) is 46.5 Å². The predicted octanol–water partition coefficient (Wildman–Crippen LogP) is 3.58. The fourth-order valence-electron chi connectivity index (χ4n) is 5.88. The first-order chi connectivity index (χ1) is 14.6. The van der Waals surface area contributed by atoms with Crippen LogP contribution in [0.1, 0.15) is 28.2 Å². The zero-order valence-corrected chi connectivity index (χ0v) is 15.8. The second kappa shape index (κ2) is 5.72. The van der Waals surface area contributed by atoms with Crippen LogP contribution in [0.3, 0.4) is 0 Å². The van der Waals surface area contributed by atoms with Crippen molar-refractivity contribution in [1.29, 1.82) is 0 Å². The smallest absolute Gasteiger partial charge is 0.239 e. The van der Waals surface area contributed by atoms with E-state index >= 15 is 0 Å². The van der Waals surface area contributed by atoms with Crippen LogP contribution < -0.4 is 4.90 Å². The third-order valence-corrected chi connectivity index (χ3v) is 6.95. The van der Waals surface area contributed by atoms with Crippen LogP contribution in [0.25, 0.3) is 0 Å². The summed E-state index contributed by atoms with van der Waals surface area (Å²) in [5, 5.41) is 0. The lowest BCUT2D eigenvalue weighted by Gasteiger charge is -2.51. The van der Waals surface area contributed by atoms with Crippen LogP contribution in [0.15, 0.2) is 72.8 Å². The molecule has 3 aromatic rings. The molecule has 1 aliphatic heterocycles. The summed E-state index contributed by atoms with van der Waals surface area (Å²) in [7, 11) is 0. The molecule has 0 N–H and O–H groups in total. The summed E-state index contributed by atoms with van der Waals surface area (Å²) in [4.78, 5) is 41.2. The zero-order chi connectivity index (χ0) is 20.6. The van der Waals surface area contributed by atoms with E-state index in [-0.39, 0.29) is 11.8 Å². The van der Waals surface area contributed by atoms with Crippen molar-refractivity contribution in [2.24, 2.45) is 11.8 Å². The Morgan fingerprint density at radius 1 is 0.800 bits per heavy atom. The molecule has 5 heteroatoms. The van der Waals surface area contributed by atoms with Crippen LogP contribution in [-0.4, -0.2) is 18.1 Å². The highest BCUT2D eigenvalue weighted by Crippen LogP contribution is 2.63. The lowest BCUT2D eigenvalue weighted by atomic mass is 9.48. The summed E-state index contributed by atoms with van der Waals surface area (Å²) in [6.07, 6.45) is 0.844. The number of benzene rings is 3. The summed E-state index contributed by atoms with van der Waals surface area (Å²) in [5.41, 5.74) is 2.56.